The molecule has 0 spiro atoms. The maximum absolute atomic E-state index is 12.6. The zero-order valence-electron chi connectivity index (χ0n) is 10.1. The average molecular weight is 240 g/mol. The van der Waals surface area contributed by atoms with Crippen molar-refractivity contribution in [3.8, 4) is 5.75 Å². The number of nitrogens with one attached hydrogen (secondary N) is 1. The highest BCUT2D eigenvalue weighted by Crippen LogP contribution is 2.10. The van der Waals surface area contributed by atoms with Gasteiger partial charge in [-0.3, -0.25) is 0 Å². The van der Waals surface area contributed by atoms with Crippen molar-refractivity contribution in [2.24, 2.45) is 0 Å². The van der Waals surface area contributed by atoms with Gasteiger partial charge in [0.2, 0.25) is 0 Å². The maximum atomic E-state index is 12.6. The van der Waals surface area contributed by atoms with Gasteiger partial charge in [-0.05, 0) is 31.2 Å². The highest BCUT2D eigenvalue weighted by Gasteiger charge is 2.06. The van der Waals surface area contributed by atoms with E-state index in [4.69, 9.17) is 4.74 Å². The number of hydrogen-bond donors (Lipinski definition) is 1. The number of ether oxygens (including phenoxy) is 1. The quantitative estimate of drug-likeness (QED) is 0.853. The van der Waals surface area contributed by atoms with Crippen molar-refractivity contribution >= 4 is 6.03 Å². The van der Waals surface area contributed by atoms with Gasteiger partial charge in [-0.25, -0.2) is 9.18 Å². The molecule has 0 saturated carbocycles. The normalized spacial score (nSPS) is 9.82. The van der Waals surface area contributed by atoms with Crippen LogP contribution in [0.5, 0.6) is 5.75 Å². The van der Waals surface area contributed by atoms with Crippen LogP contribution in [0.25, 0.3) is 0 Å². The van der Waals surface area contributed by atoms with E-state index in [2.05, 4.69) is 5.32 Å². The Bertz CT molecular complexity index is 354. The molecule has 94 valence electrons. The zero-order chi connectivity index (χ0) is 12.7. The van der Waals surface area contributed by atoms with Crippen molar-refractivity contribution in [3.05, 3.63) is 30.1 Å². The molecule has 4 nitrogen and oxygen atoms in total. The molecule has 0 saturated heterocycles. The number of amides is 2. The Kier molecular flexibility index (Phi) is 5.26. The van der Waals surface area contributed by atoms with Gasteiger partial charge in [0.05, 0.1) is 6.54 Å². The molecular formula is C12H17FN2O2. The predicted octanol–water partition coefficient (Wildman–Crippen LogP) is 1.87. The van der Waals surface area contributed by atoms with Crippen LogP contribution < -0.4 is 10.1 Å². The predicted molar refractivity (Wildman–Crippen MR) is 63.6 cm³/mol. The van der Waals surface area contributed by atoms with Gasteiger partial charge >= 0.3 is 6.03 Å². The highest BCUT2D eigenvalue weighted by molar-refractivity contribution is 5.73. The van der Waals surface area contributed by atoms with Crippen molar-refractivity contribution in [3.63, 3.8) is 0 Å². The van der Waals surface area contributed by atoms with E-state index in [1.54, 1.807) is 19.2 Å². The van der Waals surface area contributed by atoms with Gasteiger partial charge in [0.15, 0.2) is 0 Å². The molecule has 1 rings (SSSR count). The largest absolute Gasteiger partial charge is 0.492 e. The fraction of sp³-hybridized carbons (Fsp3) is 0.417. The molecule has 0 aromatic heterocycles. The third-order valence-electron chi connectivity index (χ3n) is 2.18. The first-order chi connectivity index (χ1) is 8.13. The first-order valence-electron chi connectivity index (χ1n) is 5.50. The molecular weight excluding hydrogens is 223 g/mol. The fourth-order valence-electron chi connectivity index (χ4n) is 1.22. The van der Waals surface area contributed by atoms with Gasteiger partial charge in [0.1, 0.15) is 18.2 Å². The van der Waals surface area contributed by atoms with Crippen LogP contribution in [0, 0.1) is 5.82 Å². The Labute approximate surface area is 100 Å². The third-order valence-corrected chi connectivity index (χ3v) is 2.18. The summed E-state index contributed by atoms with van der Waals surface area (Å²) < 4.78 is 18.0. The number of likely N-dealkylation sites (N-methyl/N-ethyl adjacent to an activating group) is 1. The lowest BCUT2D eigenvalue weighted by molar-refractivity contribution is 0.196. The van der Waals surface area contributed by atoms with Gasteiger partial charge in [0, 0.05) is 13.6 Å². The number of benzene rings is 1. The van der Waals surface area contributed by atoms with E-state index in [1.807, 2.05) is 6.92 Å². The van der Waals surface area contributed by atoms with Crippen LogP contribution in [-0.4, -0.2) is 37.7 Å². The monoisotopic (exact) mass is 240 g/mol. The molecule has 17 heavy (non-hydrogen) atoms. The van der Waals surface area contributed by atoms with E-state index in [1.165, 1.54) is 17.0 Å². The molecule has 1 aromatic carbocycles. The van der Waals surface area contributed by atoms with Gasteiger partial charge in [-0.1, -0.05) is 0 Å². The van der Waals surface area contributed by atoms with Gasteiger partial charge in [-0.15, -0.1) is 0 Å². The van der Waals surface area contributed by atoms with Crippen molar-refractivity contribution < 1.29 is 13.9 Å². The molecule has 0 heterocycles. The summed E-state index contributed by atoms with van der Waals surface area (Å²) in [4.78, 5) is 12.9. The zero-order valence-corrected chi connectivity index (χ0v) is 10.1. The minimum Gasteiger partial charge on any atom is -0.492 e. The topological polar surface area (TPSA) is 41.6 Å². The van der Waals surface area contributed by atoms with Crippen LogP contribution in [0.4, 0.5) is 9.18 Å². The van der Waals surface area contributed by atoms with E-state index < -0.39 is 0 Å². The first kappa shape index (κ1) is 13.3. The van der Waals surface area contributed by atoms with E-state index in [0.717, 1.165) is 0 Å². The summed E-state index contributed by atoms with van der Waals surface area (Å²) in [6.07, 6.45) is 0. The molecule has 5 heteroatoms. The van der Waals surface area contributed by atoms with Crippen LogP contribution in [0.1, 0.15) is 6.92 Å². The Hall–Kier alpha value is -1.78. The highest BCUT2D eigenvalue weighted by atomic mass is 19.1. The summed E-state index contributed by atoms with van der Waals surface area (Å²) in [5.74, 6) is 0.299. The minimum atomic E-state index is -0.295. The third kappa shape index (κ3) is 4.72. The van der Waals surface area contributed by atoms with Gasteiger partial charge in [-0.2, -0.15) is 0 Å². The van der Waals surface area contributed by atoms with Gasteiger partial charge < -0.3 is 15.0 Å². The summed E-state index contributed by atoms with van der Waals surface area (Å²) in [7, 11) is 1.69. The van der Waals surface area contributed by atoms with Gasteiger partial charge in [0.25, 0.3) is 0 Å². The number of halogens is 1. The van der Waals surface area contributed by atoms with Crippen LogP contribution in [-0.2, 0) is 0 Å². The Morgan fingerprint density at radius 2 is 2.06 bits per heavy atom. The average Bonchev–Trinajstić information content (AvgIpc) is 2.32. The second-order valence-corrected chi connectivity index (χ2v) is 3.56. The Morgan fingerprint density at radius 3 is 2.65 bits per heavy atom. The summed E-state index contributed by atoms with van der Waals surface area (Å²) in [5, 5.41) is 2.68. The minimum absolute atomic E-state index is 0.129. The summed E-state index contributed by atoms with van der Waals surface area (Å²) in [5.41, 5.74) is 0. The first-order valence-corrected chi connectivity index (χ1v) is 5.50. The van der Waals surface area contributed by atoms with Crippen molar-refractivity contribution in [2.45, 2.75) is 6.92 Å². The molecule has 0 fully saturated rings. The molecule has 0 aliphatic rings. The smallest absolute Gasteiger partial charge is 0.317 e. The fourth-order valence-corrected chi connectivity index (χ4v) is 1.22. The van der Waals surface area contributed by atoms with Crippen LogP contribution >= 0.6 is 0 Å². The number of hydrogen-bond acceptors (Lipinski definition) is 2. The molecule has 2 amide bonds. The van der Waals surface area contributed by atoms with Crippen molar-refractivity contribution in [1.29, 1.82) is 0 Å². The number of rotatable bonds is 5. The van der Waals surface area contributed by atoms with E-state index in [0.29, 0.717) is 25.4 Å². The summed E-state index contributed by atoms with van der Waals surface area (Å²) in [6, 6.07) is 5.66. The van der Waals surface area contributed by atoms with E-state index in [9.17, 15) is 9.18 Å². The van der Waals surface area contributed by atoms with Crippen LogP contribution in [0.15, 0.2) is 24.3 Å². The Morgan fingerprint density at radius 1 is 1.41 bits per heavy atom. The number of carbonyl (C=O) groups excluding carboxylic acids is 1. The second kappa shape index (κ2) is 6.73. The van der Waals surface area contributed by atoms with E-state index >= 15 is 0 Å². The molecule has 1 aromatic rings. The lowest BCUT2D eigenvalue weighted by atomic mass is 10.3. The standard InChI is InChI=1S/C12H17FN2O2/c1-3-14-12(16)15(2)8-9-17-11-6-4-10(13)5-7-11/h4-7H,3,8-9H2,1-2H3,(H,14,16). The number of nitrogens with zero attached hydrogens (tertiary/aromatic N) is 1. The van der Waals surface area contributed by atoms with Crippen molar-refractivity contribution in [2.75, 3.05) is 26.7 Å². The van der Waals surface area contributed by atoms with Crippen LogP contribution in [0.3, 0.4) is 0 Å². The lowest BCUT2D eigenvalue weighted by Crippen LogP contribution is -2.39. The number of urea groups is 1. The molecule has 0 radical (unpaired) electrons. The molecule has 1 N–H and O–H groups in total. The maximum Gasteiger partial charge on any atom is 0.317 e. The number of carbonyl (C=O) groups is 1. The summed E-state index contributed by atoms with van der Waals surface area (Å²) in [6.45, 7) is 3.31. The molecule has 0 aliphatic heterocycles. The Balaban J connectivity index is 2.27. The molecule has 0 unspecified atom stereocenters. The molecule has 0 atom stereocenters. The SMILES string of the molecule is CCNC(=O)N(C)CCOc1ccc(F)cc1. The molecule has 0 bridgehead atoms. The van der Waals surface area contributed by atoms with Crippen molar-refractivity contribution in [1.82, 2.24) is 10.2 Å². The molecule has 0 aliphatic carbocycles. The lowest BCUT2D eigenvalue weighted by Gasteiger charge is -2.17. The second-order valence-electron chi connectivity index (χ2n) is 3.56. The summed E-state index contributed by atoms with van der Waals surface area (Å²) >= 11 is 0. The van der Waals surface area contributed by atoms with E-state index in [-0.39, 0.29) is 11.8 Å². The van der Waals surface area contributed by atoms with Crippen LogP contribution in [0.2, 0.25) is 0 Å².